The summed E-state index contributed by atoms with van der Waals surface area (Å²) >= 11 is 2.21. The Balaban J connectivity index is 2.49. The van der Waals surface area contributed by atoms with E-state index < -0.39 is 5.91 Å². The van der Waals surface area contributed by atoms with Crippen molar-refractivity contribution < 1.29 is 4.79 Å². The topological polar surface area (TPSA) is 86.9 Å². The summed E-state index contributed by atoms with van der Waals surface area (Å²) in [5.74, 6) is -0.317. The van der Waals surface area contributed by atoms with E-state index in [2.05, 4.69) is 27.7 Å². The minimum atomic E-state index is -0.575. The van der Waals surface area contributed by atoms with Crippen LogP contribution < -0.4 is 11.5 Å². The third kappa shape index (κ3) is 1.87. The molecule has 16 heavy (non-hydrogen) atoms. The fraction of sp³-hybridized carbons (Fsp3) is 0. The summed E-state index contributed by atoms with van der Waals surface area (Å²) in [6, 6.07) is 7.60. The molecule has 82 valence electrons. The molecule has 0 aliphatic heterocycles. The molecule has 0 aliphatic carbocycles. The average molecular weight is 328 g/mol. The van der Waals surface area contributed by atoms with Crippen molar-refractivity contribution in [2.75, 3.05) is 5.73 Å². The molecule has 0 saturated carbocycles. The number of halogens is 1. The van der Waals surface area contributed by atoms with Gasteiger partial charge in [-0.05, 0) is 46.9 Å². The highest BCUT2D eigenvalue weighted by Gasteiger charge is 2.12. The first kappa shape index (κ1) is 10.9. The van der Waals surface area contributed by atoms with E-state index in [1.165, 1.54) is 10.9 Å². The van der Waals surface area contributed by atoms with E-state index >= 15 is 0 Å². The van der Waals surface area contributed by atoms with Crippen LogP contribution in [0.5, 0.6) is 0 Å². The van der Waals surface area contributed by atoms with E-state index in [-0.39, 0.29) is 11.4 Å². The molecule has 1 aromatic carbocycles. The van der Waals surface area contributed by atoms with Crippen molar-refractivity contribution in [2.45, 2.75) is 0 Å². The number of aromatic nitrogens is 2. The lowest BCUT2D eigenvalue weighted by atomic mass is 10.3. The molecule has 0 atom stereocenters. The molecule has 0 spiro atoms. The number of carbonyl (C=O) groups excluding carboxylic acids is 1. The average Bonchev–Trinajstić information content (AvgIpc) is 2.61. The van der Waals surface area contributed by atoms with E-state index in [1.807, 2.05) is 24.3 Å². The Morgan fingerprint density at radius 1 is 1.31 bits per heavy atom. The summed E-state index contributed by atoms with van der Waals surface area (Å²) in [5.41, 5.74) is 12.0. The normalized spacial score (nSPS) is 10.3. The van der Waals surface area contributed by atoms with Gasteiger partial charge in [0.1, 0.15) is 11.4 Å². The highest BCUT2D eigenvalue weighted by atomic mass is 127. The van der Waals surface area contributed by atoms with Crippen LogP contribution in [-0.4, -0.2) is 15.7 Å². The Hall–Kier alpha value is -1.57. The second-order valence-electron chi connectivity index (χ2n) is 3.20. The number of carbonyl (C=O) groups is 1. The zero-order chi connectivity index (χ0) is 11.7. The molecule has 0 bridgehead atoms. The summed E-state index contributed by atoms with van der Waals surface area (Å²) in [5, 5.41) is 4.03. The highest BCUT2D eigenvalue weighted by molar-refractivity contribution is 14.1. The van der Waals surface area contributed by atoms with Crippen LogP contribution in [0.1, 0.15) is 10.4 Å². The van der Waals surface area contributed by atoms with Crippen molar-refractivity contribution in [1.82, 2.24) is 9.78 Å². The Labute approximate surface area is 106 Å². The fourth-order valence-electron chi connectivity index (χ4n) is 1.34. The Kier molecular flexibility index (Phi) is 2.82. The summed E-state index contributed by atoms with van der Waals surface area (Å²) in [7, 11) is 0. The minimum absolute atomic E-state index is 0.235. The molecule has 0 radical (unpaired) electrons. The van der Waals surface area contributed by atoms with Gasteiger partial charge in [0.05, 0.1) is 11.9 Å². The molecule has 2 aromatic rings. The number of amides is 1. The molecule has 5 nitrogen and oxygen atoms in total. The maximum Gasteiger partial charge on any atom is 0.254 e. The van der Waals surface area contributed by atoms with Crippen molar-refractivity contribution in [2.24, 2.45) is 5.73 Å². The van der Waals surface area contributed by atoms with Gasteiger partial charge in [0.15, 0.2) is 0 Å². The summed E-state index contributed by atoms with van der Waals surface area (Å²) in [6.07, 6.45) is 1.37. The molecule has 4 N–H and O–H groups in total. The number of primary amides is 1. The van der Waals surface area contributed by atoms with Gasteiger partial charge in [-0.2, -0.15) is 5.10 Å². The Morgan fingerprint density at radius 3 is 2.44 bits per heavy atom. The Morgan fingerprint density at radius 2 is 1.94 bits per heavy atom. The molecule has 0 fully saturated rings. The predicted octanol–water partition coefficient (Wildman–Crippen LogP) is 1.16. The van der Waals surface area contributed by atoms with E-state index in [9.17, 15) is 4.79 Å². The van der Waals surface area contributed by atoms with Crippen molar-refractivity contribution in [3.05, 3.63) is 39.6 Å². The zero-order valence-electron chi connectivity index (χ0n) is 8.22. The molecule has 1 amide bonds. The third-order valence-electron chi connectivity index (χ3n) is 2.14. The smallest absolute Gasteiger partial charge is 0.254 e. The molecule has 0 saturated heterocycles. The number of nitrogen functional groups attached to an aromatic ring is 1. The fourth-order valence-corrected chi connectivity index (χ4v) is 1.70. The lowest BCUT2D eigenvalue weighted by Gasteiger charge is -2.04. The van der Waals surface area contributed by atoms with E-state index in [4.69, 9.17) is 11.5 Å². The lowest BCUT2D eigenvalue weighted by molar-refractivity contribution is 0.100. The number of hydrogen-bond acceptors (Lipinski definition) is 3. The van der Waals surface area contributed by atoms with Crippen molar-refractivity contribution in [1.29, 1.82) is 0 Å². The van der Waals surface area contributed by atoms with Crippen molar-refractivity contribution in [3.8, 4) is 5.69 Å². The standard InChI is InChI=1S/C10H9IN4O/c11-6-1-3-7(4-2-6)15-9(12)8(5-14-15)10(13)16/h1-5H,12H2,(H2,13,16). The highest BCUT2D eigenvalue weighted by Crippen LogP contribution is 2.17. The van der Waals surface area contributed by atoms with E-state index in [0.29, 0.717) is 0 Å². The predicted molar refractivity (Wildman–Crippen MR) is 69.2 cm³/mol. The zero-order valence-corrected chi connectivity index (χ0v) is 10.4. The van der Waals surface area contributed by atoms with Crippen LogP contribution in [0.3, 0.4) is 0 Å². The first-order valence-corrected chi connectivity index (χ1v) is 5.56. The van der Waals surface area contributed by atoms with Crippen molar-refractivity contribution in [3.63, 3.8) is 0 Å². The first-order valence-electron chi connectivity index (χ1n) is 4.49. The maximum absolute atomic E-state index is 11.0. The van der Waals surface area contributed by atoms with Crippen LogP contribution in [0.4, 0.5) is 5.82 Å². The van der Waals surface area contributed by atoms with Gasteiger partial charge in [0.25, 0.3) is 5.91 Å². The molecule has 0 aliphatic rings. The number of rotatable bonds is 2. The summed E-state index contributed by atoms with van der Waals surface area (Å²) in [4.78, 5) is 11.0. The monoisotopic (exact) mass is 328 g/mol. The lowest BCUT2D eigenvalue weighted by Crippen LogP contribution is -2.13. The number of benzene rings is 1. The second-order valence-corrected chi connectivity index (χ2v) is 4.44. The molecular formula is C10H9IN4O. The van der Waals surface area contributed by atoms with Crippen LogP contribution in [0.15, 0.2) is 30.5 Å². The van der Waals surface area contributed by atoms with Crippen molar-refractivity contribution >= 4 is 34.3 Å². The van der Waals surface area contributed by atoms with Gasteiger partial charge in [-0.15, -0.1) is 0 Å². The van der Waals surface area contributed by atoms with Crippen LogP contribution in [0.2, 0.25) is 0 Å². The molecule has 0 unspecified atom stereocenters. The van der Waals surface area contributed by atoms with Gasteiger partial charge in [-0.3, -0.25) is 4.79 Å². The molecule has 6 heteroatoms. The number of hydrogen-bond donors (Lipinski definition) is 2. The molecule has 2 rings (SSSR count). The number of nitrogens with two attached hydrogens (primary N) is 2. The van der Waals surface area contributed by atoms with Crippen LogP contribution in [0, 0.1) is 3.57 Å². The molecule has 1 heterocycles. The van der Waals surface area contributed by atoms with Crippen LogP contribution in [-0.2, 0) is 0 Å². The first-order chi connectivity index (χ1) is 7.59. The second kappa shape index (κ2) is 4.12. The van der Waals surface area contributed by atoms with Gasteiger partial charge in [0, 0.05) is 3.57 Å². The minimum Gasteiger partial charge on any atom is -0.383 e. The van der Waals surface area contributed by atoms with E-state index in [0.717, 1.165) is 9.26 Å². The summed E-state index contributed by atoms with van der Waals surface area (Å²) < 4.78 is 2.60. The van der Waals surface area contributed by atoms with E-state index in [1.54, 1.807) is 0 Å². The maximum atomic E-state index is 11.0. The largest absolute Gasteiger partial charge is 0.383 e. The van der Waals surface area contributed by atoms with Gasteiger partial charge in [-0.25, -0.2) is 4.68 Å². The SMILES string of the molecule is NC(=O)c1cnn(-c2ccc(I)cc2)c1N. The number of anilines is 1. The molecule has 1 aromatic heterocycles. The van der Waals surface area contributed by atoms with Gasteiger partial charge >= 0.3 is 0 Å². The molecular weight excluding hydrogens is 319 g/mol. The third-order valence-corrected chi connectivity index (χ3v) is 2.86. The van der Waals surface area contributed by atoms with Crippen LogP contribution in [0.25, 0.3) is 5.69 Å². The summed E-state index contributed by atoms with van der Waals surface area (Å²) in [6.45, 7) is 0. The van der Waals surface area contributed by atoms with Gasteiger partial charge in [0.2, 0.25) is 0 Å². The van der Waals surface area contributed by atoms with Crippen LogP contribution >= 0.6 is 22.6 Å². The number of nitrogens with zero attached hydrogens (tertiary/aromatic N) is 2. The quantitative estimate of drug-likeness (QED) is 0.811. The van der Waals surface area contributed by atoms with Gasteiger partial charge < -0.3 is 11.5 Å². The van der Waals surface area contributed by atoms with Gasteiger partial charge in [-0.1, -0.05) is 0 Å². The Bertz CT molecular complexity index is 532.